The summed E-state index contributed by atoms with van der Waals surface area (Å²) in [7, 11) is 0. The molecule has 19 heavy (non-hydrogen) atoms. The van der Waals surface area contributed by atoms with Gasteiger partial charge in [0.05, 0.1) is 0 Å². The lowest BCUT2D eigenvalue weighted by Gasteiger charge is -2.30. The molecule has 0 heterocycles. The minimum absolute atomic E-state index is 0.417. The lowest BCUT2D eigenvalue weighted by atomic mass is 10.1. The van der Waals surface area contributed by atoms with Gasteiger partial charge in [0.1, 0.15) is 0 Å². The van der Waals surface area contributed by atoms with Crippen molar-refractivity contribution < 1.29 is 9.90 Å². The van der Waals surface area contributed by atoms with Crippen LogP contribution < -0.4 is 4.90 Å². The Kier molecular flexibility index (Phi) is 4.25. The van der Waals surface area contributed by atoms with E-state index in [4.69, 9.17) is 5.11 Å². The minimum atomic E-state index is -0.909. The van der Waals surface area contributed by atoms with Gasteiger partial charge in [-0.1, -0.05) is 18.2 Å². The van der Waals surface area contributed by atoms with Crippen LogP contribution in [0.3, 0.4) is 0 Å². The summed E-state index contributed by atoms with van der Waals surface area (Å²) in [4.78, 5) is 13.0. The van der Waals surface area contributed by atoms with Crippen molar-refractivity contribution in [3.8, 4) is 0 Å². The summed E-state index contributed by atoms with van der Waals surface area (Å²) < 4.78 is 0. The molecule has 1 aromatic carbocycles. The number of rotatable bonds is 6. The summed E-state index contributed by atoms with van der Waals surface area (Å²) in [5, 5.41) is 8.77. The zero-order chi connectivity index (χ0) is 13.8. The highest BCUT2D eigenvalue weighted by atomic mass is 16.4. The summed E-state index contributed by atoms with van der Waals surface area (Å²) in [5.74, 6) is -0.105. The Morgan fingerprint density at radius 2 is 2.11 bits per heavy atom. The fourth-order valence-electron chi connectivity index (χ4n) is 2.22. The molecule has 0 aliphatic heterocycles. The number of carboxylic acids is 1. The molecule has 2 rings (SSSR count). The molecule has 0 saturated heterocycles. The number of benzene rings is 1. The Hall–Kier alpha value is -1.77. The molecule has 0 bridgehead atoms. The van der Waals surface area contributed by atoms with Crippen molar-refractivity contribution in [1.82, 2.24) is 0 Å². The van der Waals surface area contributed by atoms with Gasteiger partial charge in [0, 0.05) is 24.4 Å². The van der Waals surface area contributed by atoms with E-state index < -0.39 is 5.97 Å². The van der Waals surface area contributed by atoms with Gasteiger partial charge in [-0.25, -0.2) is 4.79 Å². The summed E-state index contributed by atoms with van der Waals surface area (Å²) in [6, 6.07) is 8.41. The van der Waals surface area contributed by atoms with Gasteiger partial charge >= 0.3 is 5.97 Å². The first-order valence-electron chi connectivity index (χ1n) is 6.84. The molecule has 3 heteroatoms. The molecule has 0 aromatic heterocycles. The van der Waals surface area contributed by atoms with Crippen LogP contribution in [0.5, 0.6) is 0 Å². The highest BCUT2D eigenvalue weighted by Crippen LogP contribution is 2.33. The van der Waals surface area contributed by atoms with E-state index in [2.05, 4.69) is 24.8 Å². The zero-order valence-electron chi connectivity index (χ0n) is 11.5. The van der Waals surface area contributed by atoms with Crippen LogP contribution >= 0.6 is 0 Å². The summed E-state index contributed by atoms with van der Waals surface area (Å²) in [6.07, 6.45) is 5.51. The van der Waals surface area contributed by atoms with Gasteiger partial charge in [0.2, 0.25) is 0 Å². The monoisotopic (exact) mass is 259 g/mol. The van der Waals surface area contributed by atoms with Crippen LogP contribution in [0.4, 0.5) is 5.69 Å². The van der Waals surface area contributed by atoms with E-state index in [0.29, 0.717) is 6.04 Å². The normalized spacial score (nSPS) is 15.1. The van der Waals surface area contributed by atoms with Crippen molar-refractivity contribution in [3.05, 3.63) is 35.9 Å². The van der Waals surface area contributed by atoms with Crippen molar-refractivity contribution in [2.24, 2.45) is 5.92 Å². The molecule has 0 spiro atoms. The van der Waals surface area contributed by atoms with E-state index >= 15 is 0 Å². The number of aliphatic carboxylic acids is 1. The van der Waals surface area contributed by atoms with E-state index in [9.17, 15) is 4.79 Å². The van der Waals surface area contributed by atoms with Crippen LogP contribution in [0.25, 0.3) is 6.08 Å². The third-order valence-electron chi connectivity index (χ3n) is 3.43. The molecule has 102 valence electrons. The second kappa shape index (κ2) is 5.91. The highest BCUT2D eigenvalue weighted by molar-refractivity contribution is 5.87. The predicted molar refractivity (Wildman–Crippen MR) is 78.3 cm³/mol. The lowest BCUT2D eigenvalue weighted by Crippen LogP contribution is -2.33. The Morgan fingerprint density at radius 3 is 2.68 bits per heavy atom. The van der Waals surface area contributed by atoms with Gasteiger partial charge in [-0.05, 0) is 50.3 Å². The summed E-state index contributed by atoms with van der Waals surface area (Å²) in [6.45, 7) is 5.43. The van der Waals surface area contributed by atoms with Gasteiger partial charge in [-0.2, -0.15) is 0 Å². The second-order valence-corrected chi connectivity index (χ2v) is 5.42. The van der Waals surface area contributed by atoms with E-state index in [1.165, 1.54) is 18.9 Å². The maximum absolute atomic E-state index is 10.7. The smallest absolute Gasteiger partial charge is 0.328 e. The molecule has 1 N–H and O–H groups in total. The van der Waals surface area contributed by atoms with Crippen molar-refractivity contribution in [1.29, 1.82) is 0 Å². The quantitative estimate of drug-likeness (QED) is 0.796. The topological polar surface area (TPSA) is 40.5 Å². The minimum Gasteiger partial charge on any atom is -0.478 e. The summed E-state index contributed by atoms with van der Waals surface area (Å²) >= 11 is 0. The maximum atomic E-state index is 10.7. The first kappa shape index (κ1) is 13.7. The molecule has 1 aliphatic carbocycles. The fraction of sp³-hybridized carbons (Fsp3) is 0.438. The molecule has 0 unspecified atom stereocenters. The van der Waals surface area contributed by atoms with Crippen molar-refractivity contribution in [2.75, 3.05) is 11.4 Å². The predicted octanol–water partition coefficient (Wildman–Crippen LogP) is 3.41. The van der Waals surface area contributed by atoms with Crippen LogP contribution in [-0.2, 0) is 4.79 Å². The molecule has 1 saturated carbocycles. The Morgan fingerprint density at radius 1 is 1.42 bits per heavy atom. The van der Waals surface area contributed by atoms with Gasteiger partial charge in [0.15, 0.2) is 0 Å². The SMILES string of the molecule is CC(C)N(CC1CC1)c1ccccc1C=CC(=O)O. The number of hydrogen-bond acceptors (Lipinski definition) is 2. The van der Waals surface area contributed by atoms with Gasteiger partial charge in [-0.3, -0.25) is 0 Å². The third kappa shape index (κ3) is 3.85. The lowest BCUT2D eigenvalue weighted by molar-refractivity contribution is -0.131. The van der Waals surface area contributed by atoms with Gasteiger partial charge in [0.25, 0.3) is 0 Å². The summed E-state index contributed by atoms with van der Waals surface area (Å²) in [5.41, 5.74) is 2.10. The Labute approximate surface area is 114 Å². The third-order valence-corrected chi connectivity index (χ3v) is 3.43. The van der Waals surface area contributed by atoms with Crippen LogP contribution in [0, 0.1) is 5.92 Å². The van der Waals surface area contributed by atoms with Crippen molar-refractivity contribution >= 4 is 17.7 Å². The average Bonchev–Trinajstić information content (AvgIpc) is 3.17. The second-order valence-electron chi connectivity index (χ2n) is 5.42. The number of para-hydroxylation sites is 1. The molecular weight excluding hydrogens is 238 g/mol. The first-order chi connectivity index (χ1) is 9.08. The van der Waals surface area contributed by atoms with Gasteiger partial charge < -0.3 is 10.0 Å². The molecule has 0 atom stereocenters. The number of nitrogens with zero attached hydrogens (tertiary/aromatic N) is 1. The highest BCUT2D eigenvalue weighted by Gasteiger charge is 2.26. The molecule has 1 aromatic rings. The van der Waals surface area contributed by atoms with Crippen LogP contribution in [0.1, 0.15) is 32.3 Å². The van der Waals surface area contributed by atoms with E-state index in [1.807, 2.05) is 18.2 Å². The van der Waals surface area contributed by atoms with Crippen LogP contribution in [0.2, 0.25) is 0 Å². The molecule has 1 fully saturated rings. The van der Waals surface area contributed by atoms with Crippen molar-refractivity contribution in [2.45, 2.75) is 32.7 Å². The molecular formula is C16H21NO2. The van der Waals surface area contributed by atoms with E-state index in [0.717, 1.165) is 23.7 Å². The molecule has 0 radical (unpaired) electrons. The standard InChI is InChI=1S/C16H21NO2/c1-12(2)17(11-13-7-8-13)15-6-4-3-5-14(15)9-10-16(18)19/h3-6,9-10,12-13H,7-8,11H2,1-2H3,(H,18,19). The average molecular weight is 259 g/mol. The molecule has 1 aliphatic rings. The Bertz CT molecular complexity index is 475. The molecule has 0 amide bonds. The number of carbonyl (C=O) groups is 1. The number of carboxylic acid groups (broad SMARTS) is 1. The van der Waals surface area contributed by atoms with E-state index in [1.54, 1.807) is 6.08 Å². The van der Waals surface area contributed by atoms with Crippen molar-refractivity contribution in [3.63, 3.8) is 0 Å². The Balaban J connectivity index is 2.26. The zero-order valence-corrected chi connectivity index (χ0v) is 11.5. The van der Waals surface area contributed by atoms with E-state index in [-0.39, 0.29) is 0 Å². The first-order valence-corrected chi connectivity index (χ1v) is 6.84. The molecule has 3 nitrogen and oxygen atoms in total. The fourth-order valence-corrected chi connectivity index (χ4v) is 2.22. The van der Waals surface area contributed by atoms with Crippen LogP contribution in [-0.4, -0.2) is 23.7 Å². The number of anilines is 1. The number of hydrogen-bond donors (Lipinski definition) is 1. The van der Waals surface area contributed by atoms with Crippen LogP contribution in [0.15, 0.2) is 30.3 Å². The maximum Gasteiger partial charge on any atom is 0.328 e. The van der Waals surface area contributed by atoms with Gasteiger partial charge in [-0.15, -0.1) is 0 Å². The largest absolute Gasteiger partial charge is 0.478 e.